The van der Waals surface area contributed by atoms with Gasteiger partial charge in [-0.25, -0.2) is 17.5 Å². The summed E-state index contributed by atoms with van der Waals surface area (Å²) >= 11 is 0. The standard InChI is InChI=1S/C18H18F4N2O4S/c1-24(9-10-28-16-8-3-2-7-15(16)19)17(25)12-23-29(26,27)14-6-4-5-13(11-14)18(20,21)22/h2-8,11,23H,9-10,12H2,1H3. The molecule has 158 valence electrons. The number of amides is 1. The molecule has 0 aromatic heterocycles. The van der Waals surface area contributed by atoms with Crippen molar-refractivity contribution in [1.82, 2.24) is 9.62 Å². The number of carbonyl (C=O) groups is 1. The average Bonchev–Trinajstić information content (AvgIpc) is 2.67. The van der Waals surface area contributed by atoms with Crippen LogP contribution in [0, 0.1) is 5.82 Å². The van der Waals surface area contributed by atoms with E-state index in [2.05, 4.69) is 0 Å². The van der Waals surface area contributed by atoms with Gasteiger partial charge in [-0.3, -0.25) is 4.79 Å². The highest BCUT2D eigenvalue weighted by Crippen LogP contribution is 2.30. The van der Waals surface area contributed by atoms with Crippen molar-refractivity contribution in [3.63, 3.8) is 0 Å². The molecule has 0 unspecified atom stereocenters. The van der Waals surface area contributed by atoms with Gasteiger partial charge in [0.25, 0.3) is 0 Å². The van der Waals surface area contributed by atoms with Gasteiger partial charge in [-0.1, -0.05) is 18.2 Å². The minimum absolute atomic E-state index is 0.0126. The lowest BCUT2D eigenvalue weighted by Crippen LogP contribution is -2.39. The Morgan fingerprint density at radius 1 is 1.14 bits per heavy atom. The fraction of sp³-hybridized carbons (Fsp3) is 0.278. The van der Waals surface area contributed by atoms with Gasteiger partial charge in [0.15, 0.2) is 11.6 Å². The normalized spacial score (nSPS) is 11.9. The molecule has 0 aliphatic rings. The third-order valence-electron chi connectivity index (χ3n) is 3.83. The molecule has 0 spiro atoms. The van der Waals surface area contributed by atoms with Gasteiger partial charge in [0.2, 0.25) is 15.9 Å². The van der Waals surface area contributed by atoms with Crippen LogP contribution >= 0.6 is 0 Å². The summed E-state index contributed by atoms with van der Waals surface area (Å²) in [5, 5.41) is 0. The molecule has 0 aliphatic heterocycles. The molecule has 2 aromatic rings. The molecule has 2 aromatic carbocycles. The average molecular weight is 434 g/mol. The number of hydrogen-bond acceptors (Lipinski definition) is 4. The van der Waals surface area contributed by atoms with E-state index < -0.39 is 44.9 Å². The van der Waals surface area contributed by atoms with E-state index in [1.54, 1.807) is 6.07 Å². The van der Waals surface area contributed by atoms with Gasteiger partial charge in [-0.05, 0) is 30.3 Å². The first-order chi connectivity index (χ1) is 13.5. The number of rotatable bonds is 8. The van der Waals surface area contributed by atoms with Crippen molar-refractivity contribution in [3.8, 4) is 5.75 Å². The number of ether oxygens (including phenoxy) is 1. The Morgan fingerprint density at radius 3 is 2.48 bits per heavy atom. The molecule has 0 heterocycles. The summed E-state index contributed by atoms with van der Waals surface area (Å²) in [6, 6.07) is 8.89. The Balaban J connectivity index is 1.89. The number of benzene rings is 2. The van der Waals surface area contributed by atoms with Crippen molar-refractivity contribution < 1.29 is 35.5 Å². The molecule has 0 radical (unpaired) electrons. The van der Waals surface area contributed by atoms with E-state index in [1.165, 1.54) is 25.2 Å². The largest absolute Gasteiger partial charge is 0.489 e. The third kappa shape index (κ3) is 6.43. The number of para-hydroxylation sites is 1. The molecule has 0 saturated carbocycles. The van der Waals surface area contributed by atoms with Crippen molar-refractivity contribution in [2.24, 2.45) is 0 Å². The molecule has 11 heteroatoms. The summed E-state index contributed by atoms with van der Waals surface area (Å²) < 4.78 is 83.1. The number of nitrogens with zero attached hydrogens (tertiary/aromatic N) is 1. The second-order valence-electron chi connectivity index (χ2n) is 5.94. The van der Waals surface area contributed by atoms with Crippen molar-refractivity contribution in [3.05, 3.63) is 59.9 Å². The second kappa shape index (κ2) is 9.23. The number of halogens is 4. The van der Waals surface area contributed by atoms with Gasteiger partial charge >= 0.3 is 6.18 Å². The van der Waals surface area contributed by atoms with Crippen LogP contribution in [0.3, 0.4) is 0 Å². The number of hydrogen-bond donors (Lipinski definition) is 1. The Kier molecular flexibility index (Phi) is 7.20. The van der Waals surface area contributed by atoms with Crippen LogP contribution < -0.4 is 9.46 Å². The number of alkyl halides is 3. The molecule has 1 N–H and O–H groups in total. The first-order valence-corrected chi connectivity index (χ1v) is 9.77. The first-order valence-electron chi connectivity index (χ1n) is 8.29. The molecule has 0 fully saturated rings. The van der Waals surface area contributed by atoms with Crippen LogP contribution in [-0.4, -0.2) is 46.0 Å². The molecular formula is C18H18F4N2O4S. The molecule has 0 aliphatic carbocycles. The van der Waals surface area contributed by atoms with E-state index in [9.17, 15) is 30.8 Å². The van der Waals surface area contributed by atoms with Crippen LogP contribution in [0.5, 0.6) is 5.75 Å². The monoisotopic (exact) mass is 434 g/mol. The van der Waals surface area contributed by atoms with Crippen LogP contribution in [0.25, 0.3) is 0 Å². The van der Waals surface area contributed by atoms with Gasteiger partial charge in [0.05, 0.1) is 23.5 Å². The minimum atomic E-state index is -4.69. The van der Waals surface area contributed by atoms with E-state index in [-0.39, 0.29) is 18.9 Å². The van der Waals surface area contributed by atoms with Crippen LogP contribution in [0.1, 0.15) is 5.56 Å². The van der Waals surface area contributed by atoms with Gasteiger partial charge in [0.1, 0.15) is 6.61 Å². The lowest BCUT2D eigenvalue weighted by molar-refractivity contribution is -0.137. The van der Waals surface area contributed by atoms with Crippen molar-refractivity contribution in [2.45, 2.75) is 11.1 Å². The molecule has 6 nitrogen and oxygen atoms in total. The number of likely N-dealkylation sites (N-methyl/N-ethyl adjacent to an activating group) is 1. The second-order valence-corrected chi connectivity index (χ2v) is 7.71. The zero-order valence-corrected chi connectivity index (χ0v) is 16.1. The fourth-order valence-electron chi connectivity index (χ4n) is 2.19. The molecule has 29 heavy (non-hydrogen) atoms. The van der Waals surface area contributed by atoms with E-state index in [4.69, 9.17) is 4.74 Å². The highest BCUT2D eigenvalue weighted by molar-refractivity contribution is 7.89. The number of nitrogens with one attached hydrogen (secondary N) is 1. The zero-order valence-electron chi connectivity index (χ0n) is 15.2. The van der Waals surface area contributed by atoms with Gasteiger partial charge < -0.3 is 9.64 Å². The Labute approximate surface area is 165 Å². The van der Waals surface area contributed by atoms with Crippen LogP contribution in [0.4, 0.5) is 17.6 Å². The highest BCUT2D eigenvalue weighted by atomic mass is 32.2. The van der Waals surface area contributed by atoms with Crippen molar-refractivity contribution in [2.75, 3.05) is 26.7 Å². The summed E-state index contributed by atoms with van der Waals surface area (Å²) in [5.74, 6) is -1.19. The third-order valence-corrected chi connectivity index (χ3v) is 5.23. The van der Waals surface area contributed by atoms with Crippen LogP contribution in [-0.2, 0) is 21.0 Å². The predicted molar refractivity (Wildman–Crippen MR) is 96.2 cm³/mol. The zero-order chi connectivity index (χ0) is 21.7. The Bertz CT molecular complexity index is 964. The molecule has 0 saturated heterocycles. The Morgan fingerprint density at radius 2 is 1.83 bits per heavy atom. The van der Waals surface area contributed by atoms with E-state index >= 15 is 0 Å². The van der Waals surface area contributed by atoms with Gasteiger partial charge in [-0.2, -0.15) is 13.2 Å². The predicted octanol–water partition coefficient (Wildman–Crippen LogP) is 2.66. The Hall–Kier alpha value is -2.66. The van der Waals surface area contributed by atoms with Gasteiger partial charge in [-0.15, -0.1) is 0 Å². The van der Waals surface area contributed by atoms with E-state index in [0.29, 0.717) is 6.07 Å². The van der Waals surface area contributed by atoms with Crippen molar-refractivity contribution >= 4 is 15.9 Å². The van der Waals surface area contributed by atoms with Crippen LogP contribution in [0.2, 0.25) is 0 Å². The fourth-order valence-corrected chi connectivity index (χ4v) is 3.21. The topological polar surface area (TPSA) is 75.7 Å². The smallest absolute Gasteiger partial charge is 0.416 e. The molecular weight excluding hydrogens is 416 g/mol. The van der Waals surface area contributed by atoms with Gasteiger partial charge in [0, 0.05) is 7.05 Å². The lowest BCUT2D eigenvalue weighted by atomic mass is 10.2. The molecule has 0 bridgehead atoms. The quantitative estimate of drug-likeness (QED) is 0.649. The summed E-state index contributed by atoms with van der Waals surface area (Å²) in [4.78, 5) is 12.6. The SMILES string of the molecule is CN(CCOc1ccccc1F)C(=O)CNS(=O)(=O)c1cccc(C(F)(F)F)c1. The van der Waals surface area contributed by atoms with E-state index in [1.807, 2.05) is 4.72 Å². The number of carbonyl (C=O) groups excluding carboxylic acids is 1. The first kappa shape index (κ1) is 22.6. The summed E-state index contributed by atoms with van der Waals surface area (Å²) in [6.45, 7) is -0.656. The number of sulfonamides is 1. The maximum Gasteiger partial charge on any atom is 0.416 e. The summed E-state index contributed by atoms with van der Waals surface area (Å²) in [5.41, 5.74) is -1.12. The van der Waals surface area contributed by atoms with Crippen LogP contribution in [0.15, 0.2) is 53.4 Å². The maximum atomic E-state index is 13.4. The molecule has 0 atom stereocenters. The van der Waals surface area contributed by atoms with Crippen molar-refractivity contribution in [1.29, 1.82) is 0 Å². The maximum absolute atomic E-state index is 13.4. The van der Waals surface area contributed by atoms with E-state index in [0.717, 1.165) is 23.1 Å². The highest BCUT2D eigenvalue weighted by Gasteiger charge is 2.31. The summed E-state index contributed by atoms with van der Waals surface area (Å²) in [6.07, 6.45) is -4.69. The minimum Gasteiger partial charge on any atom is -0.489 e. The summed E-state index contributed by atoms with van der Waals surface area (Å²) in [7, 11) is -2.94. The molecule has 2 rings (SSSR count). The molecule has 1 amide bonds. The lowest BCUT2D eigenvalue weighted by Gasteiger charge is -2.18.